The van der Waals surface area contributed by atoms with Gasteiger partial charge in [0.25, 0.3) is 0 Å². The molecule has 0 spiro atoms. The zero-order chi connectivity index (χ0) is 20.7. The number of unbranched alkanes of at least 4 members (excludes halogenated alkanes) is 1. The zero-order valence-corrected chi connectivity index (χ0v) is 16.7. The van der Waals surface area contributed by atoms with Gasteiger partial charge in [-0.15, -0.1) is 0 Å². The molecule has 3 atom stereocenters. The Morgan fingerprint density at radius 1 is 1.14 bits per heavy atom. The smallest absolute Gasteiger partial charge is 0.0956 e. The number of fused-ring (bicyclic) bond motifs is 1. The molecule has 2 N–H and O–H groups in total. The number of aliphatic carboxylic acids is 1. The normalized spacial score (nSPS) is 22.3. The molecule has 1 aliphatic rings. The van der Waals surface area contributed by atoms with Gasteiger partial charge < -0.3 is 20.1 Å². The number of carboxylic acids is 1. The van der Waals surface area contributed by atoms with Gasteiger partial charge in [-0.05, 0) is 54.7 Å². The molecule has 154 valence electrons. The standard InChI is InChI=1S/C25H30O4/c26-22(12-6-4-10-19-8-2-1-3-9-19)15-14-20-16-21-11-5-7-13-23(21)25(29,17-20)18-24(27)28/h1-3,5,7-9,11,13-15,20,22,26,29H,4,6,10,12,16-18H2,(H,27,28)/p-1/b15-14+. The Morgan fingerprint density at radius 2 is 1.86 bits per heavy atom. The second-order valence-electron chi connectivity index (χ2n) is 8.09. The summed E-state index contributed by atoms with van der Waals surface area (Å²) >= 11 is 0. The average molecular weight is 394 g/mol. The predicted molar refractivity (Wildman–Crippen MR) is 111 cm³/mol. The lowest BCUT2D eigenvalue weighted by Crippen LogP contribution is -2.40. The Labute approximate surface area is 172 Å². The van der Waals surface area contributed by atoms with Crippen LogP contribution in [0.3, 0.4) is 0 Å². The van der Waals surface area contributed by atoms with Gasteiger partial charge in [-0.25, -0.2) is 0 Å². The molecule has 0 aliphatic heterocycles. The predicted octanol–water partition coefficient (Wildman–Crippen LogP) is 2.91. The van der Waals surface area contributed by atoms with E-state index in [9.17, 15) is 20.1 Å². The van der Waals surface area contributed by atoms with E-state index in [4.69, 9.17) is 0 Å². The summed E-state index contributed by atoms with van der Waals surface area (Å²) in [4.78, 5) is 11.2. The van der Waals surface area contributed by atoms with Gasteiger partial charge in [-0.3, -0.25) is 0 Å². The molecular formula is C25H29O4-. The fourth-order valence-electron chi connectivity index (χ4n) is 4.30. The fourth-order valence-corrected chi connectivity index (χ4v) is 4.30. The first-order valence-corrected chi connectivity index (χ1v) is 10.4. The number of carboxylic acid groups (broad SMARTS) is 1. The molecule has 0 aromatic heterocycles. The first-order chi connectivity index (χ1) is 14.0. The summed E-state index contributed by atoms with van der Waals surface area (Å²) in [5.41, 5.74) is 1.51. The van der Waals surface area contributed by atoms with Gasteiger partial charge >= 0.3 is 0 Å². The summed E-state index contributed by atoms with van der Waals surface area (Å²) in [6, 6.07) is 17.7. The lowest BCUT2D eigenvalue weighted by Gasteiger charge is -2.38. The van der Waals surface area contributed by atoms with Crippen LogP contribution in [-0.2, 0) is 23.2 Å². The van der Waals surface area contributed by atoms with Crippen molar-refractivity contribution in [2.75, 3.05) is 0 Å². The van der Waals surface area contributed by atoms with Crippen molar-refractivity contribution in [2.45, 2.75) is 56.7 Å². The molecule has 0 heterocycles. The quantitative estimate of drug-likeness (QED) is 0.507. The maximum atomic E-state index is 11.2. The third kappa shape index (κ3) is 6.02. The molecule has 4 heteroatoms. The minimum Gasteiger partial charge on any atom is -0.550 e. The number of aliphatic hydroxyl groups is 2. The Morgan fingerprint density at radius 3 is 2.62 bits per heavy atom. The fraction of sp³-hybridized carbons (Fsp3) is 0.400. The van der Waals surface area contributed by atoms with Crippen molar-refractivity contribution >= 4 is 5.97 Å². The molecule has 2 aromatic carbocycles. The Kier molecular flexibility index (Phi) is 7.24. The monoisotopic (exact) mass is 393 g/mol. The maximum absolute atomic E-state index is 11.2. The van der Waals surface area contributed by atoms with Gasteiger partial charge in [0.1, 0.15) is 0 Å². The van der Waals surface area contributed by atoms with Gasteiger partial charge in [0.15, 0.2) is 0 Å². The van der Waals surface area contributed by atoms with Gasteiger partial charge in [0.05, 0.1) is 11.7 Å². The molecule has 0 saturated carbocycles. The van der Waals surface area contributed by atoms with Gasteiger partial charge in [0, 0.05) is 12.4 Å². The van der Waals surface area contributed by atoms with Crippen molar-refractivity contribution < 1.29 is 20.1 Å². The van der Waals surface area contributed by atoms with E-state index in [1.165, 1.54) is 5.56 Å². The number of aryl methyl sites for hydroxylation is 1. The third-order valence-electron chi connectivity index (χ3n) is 5.70. The summed E-state index contributed by atoms with van der Waals surface area (Å²) in [6.07, 6.45) is 7.47. The molecule has 29 heavy (non-hydrogen) atoms. The molecule has 0 saturated heterocycles. The minimum atomic E-state index is -1.43. The summed E-state index contributed by atoms with van der Waals surface area (Å²) < 4.78 is 0. The number of hydrogen-bond acceptors (Lipinski definition) is 4. The first-order valence-electron chi connectivity index (χ1n) is 10.4. The number of benzene rings is 2. The molecule has 0 radical (unpaired) electrons. The van der Waals surface area contributed by atoms with Crippen LogP contribution in [-0.4, -0.2) is 22.3 Å². The van der Waals surface area contributed by atoms with E-state index in [2.05, 4.69) is 12.1 Å². The van der Waals surface area contributed by atoms with Crippen LogP contribution < -0.4 is 5.11 Å². The summed E-state index contributed by atoms with van der Waals surface area (Å²) in [6.45, 7) is 0. The highest BCUT2D eigenvalue weighted by molar-refractivity contribution is 5.66. The van der Waals surface area contributed by atoms with E-state index in [0.717, 1.165) is 31.2 Å². The largest absolute Gasteiger partial charge is 0.550 e. The molecular weight excluding hydrogens is 364 g/mol. The highest BCUT2D eigenvalue weighted by Crippen LogP contribution is 2.40. The van der Waals surface area contributed by atoms with Crippen molar-refractivity contribution in [3.8, 4) is 0 Å². The van der Waals surface area contributed by atoms with Crippen LogP contribution in [0.4, 0.5) is 0 Å². The number of rotatable bonds is 9. The number of carbonyl (C=O) groups is 1. The Balaban J connectivity index is 1.54. The van der Waals surface area contributed by atoms with Crippen LogP contribution in [0.5, 0.6) is 0 Å². The second-order valence-corrected chi connectivity index (χ2v) is 8.09. The number of carbonyl (C=O) groups excluding carboxylic acids is 1. The van der Waals surface area contributed by atoms with Crippen LogP contribution in [0.25, 0.3) is 0 Å². The second kappa shape index (κ2) is 9.86. The molecule has 0 fully saturated rings. The minimum absolute atomic E-state index is 0.0202. The summed E-state index contributed by atoms with van der Waals surface area (Å²) in [5, 5.41) is 32.5. The van der Waals surface area contributed by atoms with Gasteiger partial charge in [-0.1, -0.05) is 73.2 Å². The average Bonchev–Trinajstić information content (AvgIpc) is 2.70. The van der Waals surface area contributed by atoms with Crippen molar-refractivity contribution in [2.24, 2.45) is 5.92 Å². The van der Waals surface area contributed by atoms with Crippen molar-refractivity contribution in [3.63, 3.8) is 0 Å². The van der Waals surface area contributed by atoms with Crippen molar-refractivity contribution in [1.82, 2.24) is 0 Å². The first kappa shape index (κ1) is 21.3. The Bertz CT molecular complexity index is 830. The van der Waals surface area contributed by atoms with E-state index in [1.54, 1.807) is 12.1 Å². The molecule has 2 aromatic rings. The number of allylic oxidation sites excluding steroid dienone is 1. The lowest BCUT2D eigenvalue weighted by atomic mass is 9.72. The molecule has 1 aliphatic carbocycles. The Hall–Kier alpha value is -2.43. The van der Waals surface area contributed by atoms with Crippen LogP contribution in [0.1, 0.15) is 48.8 Å². The molecule has 3 unspecified atom stereocenters. The van der Waals surface area contributed by atoms with Crippen LogP contribution in [0, 0.1) is 5.92 Å². The zero-order valence-electron chi connectivity index (χ0n) is 16.7. The highest BCUT2D eigenvalue weighted by Gasteiger charge is 2.37. The SMILES string of the molecule is O=C([O-])CC1(O)CC(/C=C/C(O)CCCCc2ccccc2)Cc2ccccc21. The van der Waals surface area contributed by atoms with E-state index in [-0.39, 0.29) is 5.92 Å². The molecule has 0 amide bonds. The van der Waals surface area contributed by atoms with Crippen molar-refractivity contribution in [1.29, 1.82) is 0 Å². The van der Waals surface area contributed by atoms with Crippen molar-refractivity contribution in [3.05, 3.63) is 83.4 Å². The van der Waals surface area contributed by atoms with Crippen LogP contribution >= 0.6 is 0 Å². The van der Waals surface area contributed by atoms with E-state index in [1.807, 2.05) is 42.5 Å². The lowest BCUT2D eigenvalue weighted by molar-refractivity contribution is -0.310. The van der Waals surface area contributed by atoms with E-state index < -0.39 is 24.1 Å². The molecule has 4 nitrogen and oxygen atoms in total. The van der Waals surface area contributed by atoms with Crippen LogP contribution in [0.2, 0.25) is 0 Å². The maximum Gasteiger partial charge on any atom is 0.0956 e. The van der Waals surface area contributed by atoms with E-state index >= 15 is 0 Å². The van der Waals surface area contributed by atoms with Crippen LogP contribution in [0.15, 0.2) is 66.7 Å². The molecule has 0 bridgehead atoms. The number of hydrogen-bond donors (Lipinski definition) is 2. The van der Waals surface area contributed by atoms with Gasteiger partial charge in [-0.2, -0.15) is 0 Å². The third-order valence-corrected chi connectivity index (χ3v) is 5.70. The highest BCUT2D eigenvalue weighted by atomic mass is 16.4. The topological polar surface area (TPSA) is 80.6 Å². The molecule has 3 rings (SSSR count). The summed E-state index contributed by atoms with van der Waals surface area (Å²) in [7, 11) is 0. The van der Waals surface area contributed by atoms with Gasteiger partial charge in [0.2, 0.25) is 0 Å². The van der Waals surface area contributed by atoms with E-state index in [0.29, 0.717) is 18.4 Å². The summed E-state index contributed by atoms with van der Waals surface area (Å²) in [5.74, 6) is -1.28. The number of aliphatic hydroxyl groups excluding tert-OH is 1.